The second-order valence-electron chi connectivity index (χ2n) is 6.42. The van der Waals surface area contributed by atoms with E-state index in [1.54, 1.807) is 62.4 Å². The SMILES string of the molecule is CC(C)OC(Cc1ccc(COC(=O)Nc2ccc(C#N)cc2)cc1)C(=O)O. The number of amides is 1. The van der Waals surface area contributed by atoms with E-state index in [0.29, 0.717) is 11.3 Å². The van der Waals surface area contributed by atoms with Crippen LogP contribution < -0.4 is 5.32 Å². The fourth-order valence-electron chi connectivity index (χ4n) is 2.44. The molecule has 0 aliphatic heterocycles. The Morgan fingerprint density at radius 2 is 1.68 bits per heavy atom. The van der Waals surface area contributed by atoms with Crippen LogP contribution in [0.3, 0.4) is 0 Å². The maximum absolute atomic E-state index is 11.9. The molecule has 0 saturated heterocycles. The Balaban J connectivity index is 1.85. The molecule has 2 aromatic carbocycles. The van der Waals surface area contributed by atoms with Gasteiger partial charge in [-0.25, -0.2) is 9.59 Å². The normalized spacial score (nSPS) is 11.5. The smallest absolute Gasteiger partial charge is 0.411 e. The van der Waals surface area contributed by atoms with Gasteiger partial charge in [-0.15, -0.1) is 0 Å². The molecule has 0 saturated carbocycles. The number of carboxylic acid groups (broad SMARTS) is 1. The lowest BCUT2D eigenvalue weighted by atomic mass is 10.1. The van der Waals surface area contributed by atoms with Crippen molar-refractivity contribution in [3.05, 3.63) is 65.2 Å². The van der Waals surface area contributed by atoms with Crippen LogP contribution in [-0.2, 0) is 27.3 Å². The number of nitriles is 1. The van der Waals surface area contributed by atoms with Gasteiger partial charge in [-0.1, -0.05) is 24.3 Å². The van der Waals surface area contributed by atoms with E-state index in [1.165, 1.54) is 0 Å². The molecule has 2 rings (SSSR count). The first-order chi connectivity index (χ1) is 13.4. The maximum Gasteiger partial charge on any atom is 0.411 e. The Bertz CT molecular complexity index is 839. The molecule has 1 amide bonds. The van der Waals surface area contributed by atoms with E-state index >= 15 is 0 Å². The molecule has 0 radical (unpaired) electrons. The van der Waals surface area contributed by atoms with Gasteiger partial charge in [0.15, 0.2) is 6.10 Å². The standard InChI is InChI=1S/C21H22N2O5/c1-14(2)28-19(20(24)25)11-15-3-5-17(6-4-15)13-27-21(26)23-18-9-7-16(12-22)8-10-18/h3-10,14,19H,11,13H2,1-2H3,(H,23,26)(H,24,25). The average Bonchev–Trinajstić information content (AvgIpc) is 2.67. The van der Waals surface area contributed by atoms with Gasteiger partial charge in [-0.2, -0.15) is 5.26 Å². The van der Waals surface area contributed by atoms with Crippen LogP contribution in [0.25, 0.3) is 0 Å². The third kappa shape index (κ3) is 6.74. The highest BCUT2D eigenvalue weighted by Gasteiger charge is 2.20. The summed E-state index contributed by atoms with van der Waals surface area (Å²) in [7, 11) is 0. The Morgan fingerprint density at radius 3 is 2.21 bits per heavy atom. The molecule has 0 bridgehead atoms. The van der Waals surface area contributed by atoms with Gasteiger partial charge in [0.25, 0.3) is 0 Å². The first-order valence-corrected chi connectivity index (χ1v) is 8.77. The lowest BCUT2D eigenvalue weighted by Crippen LogP contribution is -2.29. The zero-order chi connectivity index (χ0) is 20.5. The number of hydrogen-bond acceptors (Lipinski definition) is 5. The molecule has 2 aromatic rings. The van der Waals surface area contributed by atoms with Crippen molar-refractivity contribution in [1.29, 1.82) is 5.26 Å². The van der Waals surface area contributed by atoms with E-state index < -0.39 is 18.2 Å². The highest BCUT2D eigenvalue weighted by atomic mass is 16.5. The minimum Gasteiger partial charge on any atom is -0.479 e. The molecule has 7 nitrogen and oxygen atoms in total. The predicted octanol–water partition coefficient (Wildman–Crippen LogP) is 3.73. The van der Waals surface area contributed by atoms with Crippen molar-refractivity contribution in [3.8, 4) is 6.07 Å². The molecule has 28 heavy (non-hydrogen) atoms. The van der Waals surface area contributed by atoms with Gasteiger partial charge in [-0.3, -0.25) is 5.32 Å². The number of nitrogens with one attached hydrogen (secondary N) is 1. The quantitative estimate of drug-likeness (QED) is 0.720. The van der Waals surface area contributed by atoms with E-state index in [1.807, 2.05) is 6.07 Å². The molecule has 1 atom stereocenters. The van der Waals surface area contributed by atoms with Crippen LogP contribution in [0.5, 0.6) is 0 Å². The number of hydrogen-bond donors (Lipinski definition) is 2. The molecule has 0 aliphatic carbocycles. The summed E-state index contributed by atoms with van der Waals surface area (Å²) in [5.74, 6) is -0.999. The van der Waals surface area contributed by atoms with Crippen molar-refractivity contribution in [2.75, 3.05) is 5.32 Å². The van der Waals surface area contributed by atoms with E-state index in [-0.39, 0.29) is 19.1 Å². The van der Waals surface area contributed by atoms with Gasteiger partial charge in [0, 0.05) is 12.1 Å². The van der Waals surface area contributed by atoms with Gasteiger partial charge < -0.3 is 14.6 Å². The van der Waals surface area contributed by atoms with Crippen molar-refractivity contribution in [2.24, 2.45) is 0 Å². The van der Waals surface area contributed by atoms with Gasteiger partial charge >= 0.3 is 12.1 Å². The number of carbonyl (C=O) groups excluding carboxylic acids is 1. The van der Waals surface area contributed by atoms with Crippen molar-refractivity contribution in [3.63, 3.8) is 0 Å². The molecule has 0 spiro atoms. The number of ether oxygens (including phenoxy) is 2. The Hall–Kier alpha value is -3.37. The van der Waals surface area contributed by atoms with E-state index in [4.69, 9.17) is 14.7 Å². The second kappa shape index (κ2) is 10.1. The van der Waals surface area contributed by atoms with Crippen LogP contribution in [0.1, 0.15) is 30.5 Å². The topological polar surface area (TPSA) is 109 Å². The van der Waals surface area contributed by atoms with Gasteiger partial charge in [-0.05, 0) is 49.2 Å². The Kier molecular flexibility index (Phi) is 7.55. The van der Waals surface area contributed by atoms with Crippen molar-refractivity contribution in [2.45, 2.75) is 39.1 Å². The number of aliphatic carboxylic acids is 1. The summed E-state index contributed by atoms with van der Waals surface area (Å²) in [5, 5.41) is 20.6. The molecule has 1 unspecified atom stereocenters. The minimum atomic E-state index is -0.999. The minimum absolute atomic E-state index is 0.0766. The fourth-order valence-corrected chi connectivity index (χ4v) is 2.44. The predicted molar refractivity (Wildman–Crippen MR) is 103 cm³/mol. The highest BCUT2D eigenvalue weighted by Crippen LogP contribution is 2.13. The number of benzene rings is 2. The van der Waals surface area contributed by atoms with Crippen LogP contribution in [0.4, 0.5) is 10.5 Å². The van der Waals surface area contributed by atoms with Gasteiger partial charge in [0.1, 0.15) is 6.61 Å². The van der Waals surface area contributed by atoms with Crippen molar-refractivity contribution in [1.82, 2.24) is 0 Å². The Labute approximate surface area is 163 Å². The molecule has 0 aliphatic rings. The molecular formula is C21H22N2O5. The molecule has 2 N–H and O–H groups in total. The number of rotatable bonds is 8. The zero-order valence-electron chi connectivity index (χ0n) is 15.7. The first kappa shape index (κ1) is 20.9. The number of nitrogens with zero attached hydrogens (tertiary/aromatic N) is 1. The number of anilines is 1. The first-order valence-electron chi connectivity index (χ1n) is 8.77. The number of carbonyl (C=O) groups is 2. The molecule has 0 heterocycles. The van der Waals surface area contributed by atoms with Crippen LogP contribution in [-0.4, -0.2) is 29.4 Å². The van der Waals surface area contributed by atoms with Gasteiger partial charge in [0.2, 0.25) is 0 Å². The van der Waals surface area contributed by atoms with E-state index in [0.717, 1.165) is 11.1 Å². The van der Waals surface area contributed by atoms with Crippen molar-refractivity contribution >= 4 is 17.7 Å². The Morgan fingerprint density at radius 1 is 1.07 bits per heavy atom. The van der Waals surface area contributed by atoms with Crippen LogP contribution in [0.15, 0.2) is 48.5 Å². The highest BCUT2D eigenvalue weighted by molar-refractivity contribution is 5.84. The summed E-state index contributed by atoms with van der Waals surface area (Å²) < 4.78 is 10.6. The monoisotopic (exact) mass is 382 g/mol. The van der Waals surface area contributed by atoms with Crippen LogP contribution in [0.2, 0.25) is 0 Å². The van der Waals surface area contributed by atoms with Crippen molar-refractivity contribution < 1.29 is 24.2 Å². The summed E-state index contributed by atoms with van der Waals surface area (Å²) in [6.07, 6.45) is -1.43. The zero-order valence-corrected chi connectivity index (χ0v) is 15.7. The molecule has 0 aromatic heterocycles. The summed E-state index contributed by atoms with van der Waals surface area (Å²) >= 11 is 0. The third-order valence-electron chi connectivity index (χ3n) is 3.79. The van der Waals surface area contributed by atoms with Crippen LogP contribution in [0, 0.1) is 11.3 Å². The molecular weight excluding hydrogens is 360 g/mol. The van der Waals surface area contributed by atoms with Gasteiger partial charge in [0.05, 0.1) is 17.7 Å². The van der Waals surface area contributed by atoms with Crippen LogP contribution >= 0.6 is 0 Å². The molecule has 7 heteroatoms. The summed E-state index contributed by atoms with van der Waals surface area (Å²) in [4.78, 5) is 23.1. The summed E-state index contributed by atoms with van der Waals surface area (Å²) in [6.45, 7) is 3.66. The largest absolute Gasteiger partial charge is 0.479 e. The number of carboxylic acids is 1. The average molecular weight is 382 g/mol. The lowest BCUT2D eigenvalue weighted by molar-refractivity contribution is -0.153. The lowest BCUT2D eigenvalue weighted by Gasteiger charge is -2.16. The maximum atomic E-state index is 11.9. The summed E-state index contributed by atoms with van der Waals surface area (Å²) in [6, 6.07) is 15.6. The fraction of sp³-hybridized carbons (Fsp3) is 0.286. The van der Waals surface area contributed by atoms with E-state index in [2.05, 4.69) is 5.32 Å². The van der Waals surface area contributed by atoms with E-state index in [9.17, 15) is 14.7 Å². The summed E-state index contributed by atoms with van der Waals surface area (Å²) in [5.41, 5.74) is 2.63. The second-order valence-corrected chi connectivity index (χ2v) is 6.42. The molecule has 0 fully saturated rings. The molecule has 146 valence electrons. The third-order valence-corrected chi connectivity index (χ3v) is 3.79.